The van der Waals surface area contributed by atoms with Gasteiger partial charge < -0.3 is 24.5 Å². The van der Waals surface area contributed by atoms with Gasteiger partial charge in [0.2, 0.25) is 0 Å². The summed E-state index contributed by atoms with van der Waals surface area (Å²) >= 11 is 0. The molecule has 0 fully saturated rings. The highest BCUT2D eigenvalue weighted by molar-refractivity contribution is 14.0. The molecule has 0 amide bonds. The van der Waals surface area contributed by atoms with Crippen molar-refractivity contribution >= 4 is 35.6 Å². The van der Waals surface area contributed by atoms with Crippen molar-refractivity contribution in [3.63, 3.8) is 0 Å². The summed E-state index contributed by atoms with van der Waals surface area (Å²) in [6.07, 6.45) is 2.92. The molecule has 2 aromatic heterocycles. The number of pyridine rings is 1. The molecule has 0 aliphatic carbocycles. The second kappa shape index (κ2) is 13.3. The van der Waals surface area contributed by atoms with Gasteiger partial charge in [0.1, 0.15) is 11.4 Å². The van der Waals surface area contributed by atoms with E-state index in [1.807, 2.05) is 12.1 Å². The van der Waals surface area contributed by atoms with E-state index >= 15 is 0 Å². The summed E-state index contributed by atoms with van der Waals surface area (Å²) < 4.78 is 13.2. The second-order valence-corrected chi connectivity index (χ2v) is 7.48. The van der Waals surface area contributed by atoms with Gasteiger partial charge in [-0.05, 0) is 44.5 Å². The lowest BCUT2D eigenvalue weighted by atomic mass is 10.1. The molecule has 0 saturated carbocycles. The number of methoxy groups -OCH3 is 1. The van der Waals surface area contributed by atoms with Crippen LogP contribution in [0.25, 0.3) is 5.65 Å². The van der Waals surface area contributed by atoms with Crippen LogP contribution in [0.2, 0.25) is 0 Å². The number of hydrogen-bond acceptors (Lipinski definition) is 4. The number of ether oxygens (including phenoxy) is 2. The Bertz CT molecular complexity index is 1020. The predicted octanol–water partition coefficient (Wildman–Crippen LogP) is 4.24. The van der Waals surface area contributed by atoms with Gasteiger partial charge in [-0.15, -0.1) is 24.0 Å². The molecular formula is C24H34IN5O2. The summed E-state index contributed by atoms with van der Waals surface area (Å²) in [6.45, 7) is 9.42. The zero-order valence-corrected chi connectivity index (χ0v) is 21.7. The van der Waals surface area contributed by atoms with Gasteiger partial charge in [-0.2, -0.15) is 0 Å². The fourth-order valence-electron chi connectivity index (χ4n) is 3.28. The number of fused-ring (bicyclic) bond motifs is 1. The van der Waals surface area contributed by atoms with E-state index in [4.69, 9.17) is 14.5 Å². The Hall–Kier alpha value is -2.33. The number of imidazole rings is 1. The lowest BCUT2D eigenvalue weighted by molar-refractivity contribution is 0.172. The zero-order valence-electron chi connectivity index (χ0n) is 19.4. The molecule has 8 heteroatoms. The lowest BCUT2D eigenvalue weighted by Gasteiger charge is -2.13. The van der Waals surface area contributed by atoms with Crippen LogP contribution in [-0.2, 0) is 17.8 Å². The molecule has 3 rings (SSSR count). The molecule has 2 N–H and O–H groups in total. The Labute approximate surface area is 207 Å². The average molecular weight is 551 g/mol. The third kappa shape index (κ3) is 7.37. The largest absolute Gasteiger partial charge is 0.493 e. The number of halogens is 1. The first-order valence-corrected chi connectivity index (χ1v) is 10.8. The minimum absolute atomic E-state index is 0. The Balaban J connectivity index is 0.00000363. The number of aromatic nitrogens is 2. The summed E-state index contributed by atoms with van der Waals surface area (Å²) in [4.78, 5) is 9.44. The van der Waals surface area contributed by atoms with Crippen molar-refractivity contribution in [2.24, 2.45) is 4.99 Å². The van der Waals surface area contributed by atoms with E-state index in [1.165, 1.54) is 5.56 Å². The van der Waals surface area contributed by atoms with Crippen molar-refractivity contribution in [1.29, 1.82) is 0 Å². The Morgan fingerprint density at radius 2 is 1.97 bits per heavy atom. The maximum atomic E-state index is 5.98. The van der Waals surface area contributed by atoms with E-state index in [0.29, 0.717) is 26.3 Å². The van der Waals surface area contributed by atoms with E-state index in [1.54, 1.807) is 7.11 Å². The maximum absolute atomic E-state index is 5.98. The third-order valence-electron chi connectivity index (χ3n) is 4.91. The molecule has 1 aromatic carbocycles. The van der Waals surface area contributed by atoms with Crippen molar-refractivity contribution in [3.05, 3.63) is 65.1 Å². The molecule has 3 aromatic rings. The Morgan fingerprint density at radius 1 is 1.12 bits per heavy atom. The predicted molar refractivity (Wildman–Crippen MR) is 140 cm³/mol. The number of rotatable bonds is 10. The van der Waals surface area contributed by atoms with Crippen molar-refractivity contribution in [1.82, 2.24) is 20.0 Å². The van der Waals surface area contributed by atoms with Gasteiger partial charge in [0.25, 0.3) is 0 Å². The maximum Gasteiger partial charge on any atom is 0.191 e. The summed E-state index contributed by atoms with van der Waals surface area (Å²) in [7, 11) is 1.70. The molecule has 0 unspecified atom stereocenters. The second-order valence-electron chi connectivity index (χ2n) is 7.48. The standard InChI is InChI=1S/C24H33N5O2.HI/c1-5-25-24(27-16-21-17-29-19(3)8-6-9-23(29)28-21)26-15-20-11-10-18(2)14-22(20)31-13-7-12-30-4;/h6,8-11,14,17H,5,7,12-13,15-16H2,1-4H3,(H2,25,26,27);1H. The van der Waals surface area contributed by atoms with Gasteiger partial charge in [0, 0.05) is 44.1 Å². The molecule has 0 bridgehead atoms. The van der Waals surface area contributed by atoms with Crippen LogP contribution < -0.4 is 15.4 Å². The van der Waals surface area contributed by atoms with Crippen LogP contribution in [0.5, 0.6) is 5.75 Å². The van der Waals surface area contributed by atoms with Gasteiger partial charge in [-0.3, -0.25) is 0 Å². The smallest absolute Gasteiger partial charge is 0.191 e. The summed E-state index contributed by atoms with van der Waals surface area (Å²) in [5, 5.41) is 6.69. The molecule has 7 nitrogen and oxygen atoms in total. The Kier molecular flexibility index (Phi) is 10.8. The zero-order chi connectivity index (χ0) is 22.1. The number of guanidine groups is 1. The lowest BCUT2D eigenvalue weighted by Crippen LogP contribution is -2.36. The minimum atomic E-state index is 0. The number of nitrogens with zero attached hydrogens (tertiary/aromatic N) is 3. The third-order valence-corrected chi connectivity index (χ3v) is 4.91. The minimum Gasteiger partial charge on any atom is -0.493 e. The average Bonchev–Trinajstić information content (AvgIpc) is 3.19. The molecule has 0 saturated heterocycles. The molecule has 2 heterocycles. The SMILES string of the molecule is CCNC(=NCc1ccc(C)cc1OCCCOC)NCc1cn2c(C)cccc2n1.I. The molecule has 0 radical (unpaired) electrons. The van der Waals surface area contributed by atoms with Crippen LogP contribution in [0.4, 0.5) is 0 Å². The van der Waals surface area contributed by atoms with Crippen LogP contribution in [0, 0.1) is 13.8 Å². The first kappa shape index (κ1) is 25.9. The number of hydrogen-bond donors (Lipinski definition) is 2. The Morgan fingerprint density at radius 3 is 2.72 bits per heavy atom. The van der Waals surface area contributed by atoms with Gasteiger partial charge in [0.05, 0.1) is 25.4 Å². The molecule has 0 aliphatic heterocycles. The van der Waals surface area contributed by atoms with Gasteiger partial charge in [-0.1, -0.05) is 18.2 Å². The van der Waals surface area contributed by atoms with Crippen molar-refractivity contribution in [2.75, 3.05) is 26.9 Å². The molecule has 0 aliphatic rings. The van der Waals surface area contributed by atoms with Crippen LogP contribution in [0.3, 0.4) is 0 Å². The number of nitrogens with one attached hydrogen (secondary N) is 2. The van der Waals surface area contributed by atoms with Gasteiger partial charge >= 0.3 is 0 Å². The van der Waals surface area contributed by atoms with E-state index < -0.39 is 0 Å². The first-order valence-electron chi connectivity index (χ1n) is 10.8. The fraction of sp³-hybridized carbons (Fsp3) is 0.417. The molecule has 0 atom stereocenters. The van der Waals surface area contributed by atoms with Crippen LogP contribution >= 0.6 is 24.0 Å². The summed E-state index contributed by atoms with van der Waals surface area (Å²) in [6, 6.07) is 12.4. The highest BCUT2D eigenvalue weighted by Crippen LogP contribution is 2.21. The summed E-state index contributed by atoms with van der Waals surface area (Å²) in [5.74, 6) is 1.63. The monoisotopic (exact) mass is 551 g/mol. The van der Waals surface area contributed by atoms with E-state index in [0.717, 1.165) is 47.3 Å². The van der Waals surface area contributed by atoms with Crippen molar-refractivity contribution in [2.45, 2.75) is 40.3 Å². The van der Waals surface area contributed by atoms with E-state index in [9.17, 15) is 0 Å². The first-order chi connectivity index (χ1) is 15.1. The normalized spacial score (nSPS) is 11.3. The number of benzene rings is 1. The van der Waals surface area contributed by atoms with Crippen LogP contribution in [0.1, 0.15) is 35.9 Å². The van der Waals surface area contributed by atoms with Gasteiger partial charge in [0.15, 0.2) is 5.96 Å². The molecule has 174 valence electrons. The molecular weight excluding hydrogens is 517 g/mol. The topological polar surface area (TPSA) is 72.2 Å². The van der Waals surface area contributed by atoms with Crippen molar-refractivity contribution < 1.29 is 9.47 Å². The van der Waals surface area contributed by atoms with Crippen LogP contribution in [-0.4, -0.2) is 42.2 Å². The van der Waals surface area contributed by atoms with Crippen LogP contribution in [0.15, 0.2) is 47.6 Å². The highest BCUT2D eigenvalue weighted by Gasteiger charge is 2.07. The molecule has 0 spiro atoms. The van der Waals surface area contributed by atoms with Gasteiger partial charge in [-0.25, -0.2) is 9.98 Å². The number of aryl methyl sites for hydroxylation is 2. The summed E-state index contributed by atoms with van der Waals surface area (Å²) in [5.41, 5.74) is 5.31. The quantitative estimate of drug-likeness (QED) is 0.171. The highest BCUT2D eigenvalue weighted by atomic mass is 127. The number of aliphatic imine (C=N–C) groups is 1. The van der Waals surface area contributed by atoms with E-state index in [-0.39, 0.29) is 24.0 Å². The van der Waals surface area contributed by atoms with E-state index in [2.05, 4.69) is 71.3 Å². The van der Waals surface area contributed by atoms with Crippen molar-refractivity contribution in [3.8, 4) is 5.75 Å². The fourth-order valence-corrected chi connectivity index (χ4v) is 3.28. The molecule has 32 heavy (non-hydrogen) atoms.